The van der Waals surface area contributed by atoms with Gasteiger partial charge in [-0.1, -0.05) is 0 Å². The highest BCUT2D eigenvalue weighted by Gasteiger charge is 2.15. The summed E-state index contributed by atoms with van der Waals surface area (Å²) in [7, 11) is 0.372. The van der Waals surface area contributed by atoms with Gasteiger partial charge in [-0.15, -0.1) is 0 Å². The van der Waals surface area contributed by atoms with Gasteiger partial charge < -0.3 is 10.2 Å². The summed E-state index contributed by atoms with van der Waals surface area (Å²) in [5, 5.41) is 2.35. The monoisotopic (exact) mass is 322 g/mol. The minimum atomic E-state index is -1.54. The molecule has 0 bridgehead atoms. The first-order valence-electron chi connectivity index (χ1n) is 6.17. The summed E-state index contributed by atoms with van der Waals surface area (Å²) in [5.41, 5.74) is 0.135. The second-order valence-corrected chi connectivity index (χ2v) is 6.53. The molecule has 1 rings (SSSR count). The van der Waals surface area contributed by atoms with Crippen LogP contribution < -0.4 is 5.32 Å². The SMILES string of the molecule is C[C@H](CNC(=O)N(C)Cc1cc(F)c(F)c(F)c1)[S@@](C)=O. The second-order valence-electron chi connectivity index (χ2n) is 4.72. The molecule has 2 amide bonds. The van der Waals surface area contributed by atoms with Crippen LogP contribution in [0.25, 0.3) is 0 Å². The molecule has 21 heavy (non-hydrogen) atoms. The highest BCUT2D eigenvalue weighted by molar-refractivity contribution is 7.84. The Kier molecular flexibility index (Phi) is 6.19. The lowest BCUT2D eigenvalue weighted by Crippen LogP contribution is -2.40. The minimum Gasteiger partial charge on any atom is -0.337 e. The average molecular weight is 322 g/mol. The second kappa shape index (κ2) is 7.44. The van der Waals surface area contributed by atoms with Gasteiger partial charge in [0.05, 0.1) is 0 Å². The number of urea groups is 1. The molecule has 0 aromatic heterocycles. The van der Waals surface area contributed by atoms with Crippen molar-refractivity contribution in [2.75, 3.05) is 19.8 Å². The third-order valence-electron chi connectivity index (χ3n) is 2.92. The van der Waals surface area contributed by atoms with Gasteiger partial charge in [0, 0.05) is 42.4 Å². The molecule has 118 valence electrons. The van der Waals surface area contributed by atoms with Crippen molar-refractivity contribution < 1.29 is 22.2 Å². The van der Waals surface area contributed by atoms with Crippen molar-refractivity contribution in [3.63, 3.8) is 0 Å². The molecule has 0 aliphatic carbocycles. The number of hydrogen-bond acceptors (Lipinski definition) is 2. The van der Waals surface area contributed by atoms with Crippen molar-refractivity contribution in [1.82, 2.24) is 10.2 Å². The maximum Gasteiger partial charge on any atom is 0.317 e. The maximum absolute atomic E-state index is 13.1. The standard InChI is InChI=1S/C13H17F3N2O2S/c1-8(21(3)20)6-17-13(19)18(2)7-9-4-10(14)12(16)11(15)5-9/h4-5,8H,6-7H2,1-3H3,(H,17,19)/t8-,21-/m1/s1. The van der Waals surface area contributed by atoms with E-state index in [0.29, 0.717) is 0 Å². The first-order valence-corrected chi connectivity index (χ1v) is 7.79. The summed E-state index contributed by atoms with van der Waals surface area (Å²) in [4.78, 5) is 13.0. The minimum absolute atomic E-state index is 0.0798. The quantitative estimate of drug-likeness (QED) is 0.843. The van der Waals surface area contributed by atoms with Crippen molar-refractivity contribution >= 4 is 16.8 Å². The summed E-state index contributed by atoms with van der Waals surface area (Å²) in [6, 6.07) is 1.20. The topological polar surface area (TPSA) is 49.4 Å². The molecule has 4 nitrogen and oxygen atoms in total. The molecular weight excluding hydrogens is 305 g/mol. The molecule has 8 heteroatoms. The van der Waals surface area contributed by atoms with E-state index in [-0.39, 0.29) is 23.9 Å². The number of hydrogen-bond donors (Lipinski definition) is 1. The molecule has 0 unspecified atom stereocenters. The molecule has 0 saturated heterocycles. The fourth-order valence-corrected chi connectivity index (χ4v) is 1.85. The van der Waals surface area contributed by atoms with Gasteiger partial charge in [0.15, 0.2) is 17.5 Å². The zero-order valence-electron chi connectivity index (χ0n) is 12.0. The molecule has 1 N–H and O–H groups in total. The van der Waals surface area contributed by atoms with Gasteiger partial charge in [-0.25, -0.2) is 18.0 Å². The van der Waals surface area contributed by atoms with E-state index < -0.39 is 34.3 Å². The number of nitrogens with one attached hydrogen (secondary N) is 1. The third kappa shape index (κ3) is 5.04. The average Bonchev–Trinajstić information content (AvgIpc) is 2.41. The summed E-state index contributed by atoms with van der Waals surface area (Å²) >= 11 is 0. The molecule has 0 radical (unpaired) electrons. The Hall–Kier alpha value is -1.57. The zero-order chi connectivity index (χ0) is 16.2. The molecule has 0 spiro atoms. The lowest BCUT2D eigenvalue weighted by Gasteiger charge is -2.19. The first-order chi connectivity index (χ1) is 9.72. The maximum atomic E-state index is 13.1. The number of halogens is 3. The number of rotatable bonds is 5. The van der Waals surface area contributed by atoms with Crippen LogP contribution in [0.4, 0.5) is 18.0 Å². The molecule has 1 aromatic rings. The Bertz CT molecular complexity index is 531. The first kappa shape index (κ1) is 17.5. The normalized spacial score (nSPS) is 13.6. The number of benzene rings is 1. The van der Waals surface area contributed by atoms with Gasteiger partial charge in [0.2, 0.25) is 0 Å². The van der Waals surface area contributed by atoms with Crippen LogP contribution in [-0.2, 0) is 17.3 Å². The van der Waals surface area contributed by atoms with Crippen LogP contribution in [0.15, 0.2) is 12.1 Å². The lowest BCUT2D eigenvalue weighted by atomic mass is 10.2. The number of carbonyl (C=O) groups is 1. The third-order valence-corrected chi connectivity index (χ3v) is 4.22. The van der Waals surface area contributed by atoms with Crippen molar-refractivity contribution in [3.8, 4) is 0 Å². The van der Waals surface area contributed by atoms with Crippen LogP contribution in [0.3, 0.4) is 0 Å². The van der Waals surface area contributed by atoms with Crippen molar-refractivity contribution in [2.45, 2.75) is 18.7 Å². The van der Waals surface area contributed by atoms with E-state index in [1.807, 2.05) is 0 Å². The van der Waals surface area contributed by atoms with Gasteiger partial charge >= 0.3 is 6.03 Å². The largest absolute Gasteiger partial charge is 0.337 e. The van der Waals surface area contributed by atoms with Crippen molar-refractivity contribution in [3.05, 3.63) is 35.1 Å². The van der Waals surface area contributed by atoms with Crippen LogP contribution in [0.1, 0.15) is 12.5 Å². The zero-order valence-corrected chi connectivity index (χ0v) is 12.8. The molecular formula is C13H17F3N2O2S. The Morgan fingerprint density at radius 1 is 1.33 bits per heavy atom. The van der Waals surface area contributed by atoms with E-state index in [4.69, 9.17) is 0 Å². The van der Waals surface area contributed by atoms with E-state index in [1.54, 1.807) is 6.92 Å². The predicted octanol–water partition coefficient (Wildman–Crippen LogP) is 2.01. The Labute approximate surface area is 123 Å². The fraction of sp³-hybridized carbons (Fsp3) is 0.462. The van der Waals surface area contributed by atoms with Gasteiger partial charge in [-0.2, -0.15) is 0 Å². The number of nitrogens with zero attached hydrogens (tertiary/aromatic N) is 1. The van der Waals surface area contributed by atoms with Crippen molar-refractivity contribution in [1.29, 1.82) is 0 Å². The summed E-state index contributed by atoms with van der Waals surface area (Å²) < 4.78 is 50.1. The summed E-state index contributed by atoms with van der Waals surface area (Å²) in [6.45, 7) is 1.86. The van der Waals surface area contributed by atoms with Gasteiger partial charge in [0.1, 0.15) is 0 Å². The summed E-state index contributed by atoms with van der Waals surface area (Å²) in [6.07, 6.45) is 1.53. The highest BCUT2D eigenvalue weighted by Crippen LogP contribution is 2.14. The fourth-order valence-electron chi connectivity index (χ4n) is 1.53. The van der Waals surface area contributed by atoms with Crippen molar-refractivity contribution in [2.24, 2.45) is 0 Å². The van der Waals surface area contributed by atoms with E-state index in [0.717, 1.165) is 12.1 Å². The Morgan fingerprint density at radius 3 is 2.33 bits per heavy atom. The van der Waals surface area contributed by atoms with E-state index >= 15 is 0 Å². The molecule has 1 aromatic carbocycles. The van der Waals surface area contributed by atoms with E-state index in [2.05, 4.69) is 5.32 Å². The number of carbonyl (C=O) groups excluding carboxylic acids is 1. The molecule has 0 saturated carbocycles. The van der Waals surface area contributed by atoms with Gasteiger partial charge in [-0.3, -0.25) is 4.21 Å². The molecule has 0 aliphatic rings. The molecule has 0 aliphatic heterocycles. The van der Waals surface area contributed by atoms with Crippen LogP contribution in [0, 0.1) is 17.5 Å². The van der Waals surface area contributed by atoms with Gasteiger partial charge in [-0.05, 0) is 24.6 Å². The summed E-state index contributed by atoms with van der Waals surface area (Å²) in [5.74, 6) is -4.13. The van der Waals surface area contributed by atoms with Crippen LogP contribution >= 0.6 is 0 Å². The van der Waals surface area contributed by atoms with Gasteiger partial charge in [0.25, 0.3) is 0 Å². The molecule has 0 heterocycles. The van der Waals surface area contributed by atoms with Crippen LogP contribution in [-0.4, -0.2) is 40.2 Å². The highest BCUT2D eigenvalue weighted by atomic mass is 32.2. The Balaban J connectivity index is 2.62. The van der Waals surface area contributed by atoms with Crippen LogP contribution in [0.5, 0.6) is 0 Å². The number of amides is 2. The van der Waals surface area contributed by atoms with Crippen LogP contribution in [0.2, 0.25) is 0 Å². The molecule has 0 fully saturated rings. The van der Waals surface area contributed by atoms with E-state index in [1.165, 1.54) is 18.2 Å². The molecule has 2 atom stereocenters. The lowest BCUT2D eigenvalue weighted by molar-refractivity contribution is 0.207. The van der Waals surface area contributed by atoms with E-state index in [9.17, 15) is 22.2 Å². The smallest absolute Gasteiger partial charge is 0.317 e. The Morgan fingerprint density at radius 2 is 1.86 bits per heavy atom. The predicted molar refractivity (Wildman–Crippen MR) is 74.7 cm³/mol.